The van der Waals surface area contributed by atoms with Crippen molar-refractivity contribution in [1.82, 2.24) is 20.3 Å². The van der Waals surface area contributed by atoms with Crippen LogP contribution in [0.15, 0.2) is 29.4 Å². The Morgan fingerprint density at radius 3 is 2.38 bits per heavy atom. The van der Waals surface area contributed by atoms with Crippen molar-refractivity contribution in [3.05, 3.63) is 35.4 Å². The number of alkyl carbamates (subject to hydrolysis) is 1. The number of alkyl halides is 2. The molecule has 0 aromatic heterocycles. The number of halogens is 2. The van der Waals surface area contributed by atoms with Gasteiger partial charge in [-0.1, -0.05) is 59.8 Å². The van der Waals surface area contributed by atoms with Gasteiger partial charge in [0.15, 0.2) is 0 Å². The molecule has 4 amide bonds. The fraction of sp³-hybridized carbons (Fsp3) is 0.639. The molecule has 3 rings (SSSR count). The normalized spacial score (nSPS) is 17.0. The number of nitrogens with zero attached hydrogens (tertiary/aromatic N) is 3. The molecule has 7 N–H and O–H groups in total. The monoisotopic (exact) mass is 770 g/mol. The highest BCUT2D eigenvalue weighted by Crippen LogP contribution is 2.25. The highest BCUT2D eigenvalue weighted by atomic mass is 32.2. The van der Waals surface area contributed by atoms with Crippen LogP contribution >= 0.6 is 0 Å². The number of anilines is 1. The number of nitrogens with two attached hydrogens (primary N) is 2. The van der Waals surface area contributed by atoms with E-state index < -0.39 is 65.8 Å². The number of allylic oxidation sites excluding steroid dienone is 1. The van der Waals surface area contributed by atoms with Crippen molar-refractivity contribution < 1.29 is 36.9 Å². The molecule has 300 valence electrons. The summed E-state index contributed by atoms with van der Waals surface area (Å²) in [5.74, 6) is 2.78. The van der Waals surface area contributed by atoms with Crippen LogP contribution in [0.25, 0.3) is 6.08 Å². The first-order valence-corrected chi connectivity index (χ1v) is 19.4. The zero-order chi connectivity index (χ0) is 40.1. The average Bonchev–Trinajstić information content (AvgIpc) is 3.86. The van der Waals surface area contributed by atoms with Crippen molar-refractivity contribution in [2.75, 3.05) is 24.8 Å². The SMILES string of the molecule is CC.CC(C)C.Cc1ccc(N(N)/N=C\N)cc1/C=C/CCCCOC(=O)NCC(=O)N1CCCC1C(=O)NC(C(=O)NS(=O)C1CC1)C(C)C(F)F. The van der Waals surface area contributed by atoms with Gasteiger partial charge in [-0.3, -0.25) is 19.1 Å². The maximum atomic E-state index is 13.5. The van der Waals surface area contributed by atoms with E-state index in [1.54, 1.807) is 0 Å². The van der Waals surface area contributed by atoms with E-state index in [-0.39, 0.29) is 24.8 Å². The Morgan fingerprint density at radius 2 is 1.77 bits per heavy atom. The number of nitrogens with one attached hydrogen (secondary N) is 3. The van der Waals surface area contributed by atoms with Crippen LogP contribution in [0.5, 0.6) is 0 Å². The summed E-state index contributed by atoms with van der Waals surface area (Å²) in [5.41, 5.74) is 7.99. The molecule has 4 atom stereocenters. The van der Waals surface area contributed by atoms with Crippen LogP contribution in [0.1, 0.15) is 97.6 Å². The largest absolute Gasteiger partial charge is 0.450 e. The van der Waals surface area contributed by atoms with E-state index in [1.807, 2.05) is 51.1 Å². The van der Waals surface area contributed by atoms with Crippen LogP contribution in [0.3, 0.4) is 0 Å². The molecule has 4 unspecified atom stereocenters. The van der Waals surface area contributed by atoms with E-state index in [0.29, 0.717) is 31.4 Å². The average molecular weight is 771 g/mol. The molecule has 2 aliphatic rings. The summed E-state index contributed by atoms with van der Waals surface area (Å²) in [4.78, 5) is 51.9. The van der Waals surface area contributed by atoms with Crippen molar-refractivity contribution in [2.45, 2.75) is 117 Å². The smallest absolute Gasteiger partial charge is 0.407 e. The number of hydrogen-bond donors (Lipinski definition) is 5. The summed E-state index contributed by atoms with van der Waals surface area (Å²) in [7, 11) is -1.72. The van der Waals surface area contributed by atoms with E-state index in [1.165, 1.54) is 10.0 Å². The van der Waals surface area contributed by atoms with Crippen molar-refractivity contribution in [2.24, 2.45) is 28.5 Å². The van der Waals surface area contributed by atoms with Gasteiger partial charge in [0.1, 0.15) is 36.0 Å². The lowest BCUT2D eigenvalue weighted by atomic mass is 10.0. The van der Waals surface area contributed by atoms with Crippen molar-refractivity contribution in [1.29, 1.82) is 0 Å². The van der Waals surface area contributed by atoms with Gasteiger partial charge in [-0.15, -0.1) is 5.10 Å². The summed E-state index contributed by atoms with van der Waals surface area (Å²) in [6, 6.07) is 2.98. The van der Waals surface area contributed by atoms with E-state index in [9.17, 15) is 32.2 Å². The van der Waals surface area contributed by atoms with E-state index in [4.69, 9.17) is 16.3 Å². The number of aryl methyl sites for hydroxylation is 1. The first-order chi connectivity index (χ1) is 25.2. The number of amides is 4. The minimum atomic E-state index is -2.93. The quantitative estimate of drug-likeness (QED) is 0.0498. The van der Waals surface area contributed by atoms with Crippen LogP contribution in [0, 0.1) is 18.8 Å². The summed E-state index contributed by atoms with van der Waals surface area (Å²) in [6.45, 7) is 13.5. The number of carbonyl (C=O) groups excluding carboxylic acids is 4. The number of hydrazone groups is 1. The lowest BCUT2D eigenvalue weighted by molar-refractivity contribution is -0.139. The second kappa shape index (κ2) is 25.0. The van der Waals surface area contributed by atoms with Gasteiger partial charge in [-0.25, -0.2) is 23.6 Å². The number of benzene rings is 1. The number of hydrazine groups is 1. The molecule has 1 heterocycles. The minimum Gasteiger partial charge on any atom is -0.450 e. The number of rotatable bonds is 17. The Labute approximate surface area is 315 Å². The van der Waals surface area contributed by atoms with Gasteiger partial charge in [0.25, 0.3) is 5.91 Å². The fourth-order valence-corrected chi connectivity index (χ4v) is 5.88. The number of unbranched alkanes of at least 4 members (excludes halogenated alkanes) is 2. The van der Waals surface area contributed by atoms with E-state index in [2.05, 4.69) is 41.2 Å². The van der Waals surface area contributed by atoms with Crippen LogP contribution in [0.4, 0.5) is 19.3 Å². The topological polar surface area (TPSA) is 202 Å². The standard InChI is InChI=1S/C30H44F2N8O6S.C4H10.C2H6/c1-19-10-11-22(40(34)36-18-33)16-21(19)8-5-3-4-6-15-46-30(44)35-17-25(41)39-14-7-9-24(39)28(42)37-26(20(2)27(31)32)29(43)38-47(45)23-12-13-23;1-4(2)3;1-2/h5,8,10-11,16,18,20,23-24,26-27H,3-4,6-7,9,12-15,17,34H2,1-2H3,(H2,33,36)(H,35,44)(H,37,42)(H,38,43);4H,1-3H3;1-2H3/b8-5+;;. The molecule has 53 heavy (non-hydrogen) atoms. The first-order valence-electron chi connectivity index (χ1n) is 18.2. The predicted octanol–water partition coefficient (Wildman–Crippen LogP) is 4.49. The zero-order valence-electron chi connectivity index (χ0n) is 32.1. The third-order valence-corrected chi connectivity index (χ3v) is 9.28. The third-order valence-electron chi connectivity index (χ3n) is 7.81. The van der Waals surface area contributed by atoms with Gasteiger partial charge in [0.2, 0.25) is 18.2 Å². The molecule has 14 nitrogen and oxygen atoms in total. The number of carbonyl (C=O) groups is 4. The molecular weight excluding hydrogens is 711 g/mol. The summed E-state index contributed by atoms with van der Waals surface area (Å²) < 4.78 is 46.5. The molecule has 1 saturated carbocycles. The number of likely N-dealkylation sites (tertiary alicyclic amines) is 1. The van der Waals surface area contributed by atoms with Crippen LogP contribution in [-0.2, 0) is 30.1 Å². The van der Waals surface area contributed by atoms with Crippen LogP contribution in [-0.4, -0.2) is 82.7 Å². The Kier molecular flexibility index (Phi) is 22.1. The zero-order valence-corrected chi connectivity index (χ0v) is 32.9. The molecule has 1 saturated heterocycles. The fourth-order valence-electron chi connectivity index (χ4n) is 4.82. The molecule has 1 aliphatic carbocycles. The maximum Gasteiger partial charge on any atom is 0.407 e. The number of ether oxygens (including phenoxy) is 1. The second-order valence-electron chi connectivity index (χ2n) is 13.2. The molecule has 17 heteroatoms. The van der Waals surface area contributed by atoms with Gasteiger partial charge in [-0.05, 0) is 81.0 Å². The number of hydrogen-bond acceptors (Lipinski definition) is 9. The molecule has 1 aromatic rings. The Morgan fingerprint density at radius 1 is 1.11 bits per heavy atom. The van der Waals surface area contributed by atoms with Gasteiger partial charge in [0.05, 0.1) is 17.5 Å². The van der Waals surface area contributed by atoms with Gasteiger partial charge in [0, 0.05) is 12.5 Å². The molecule has 1 aliphatic heterocycles. The van der Waals surface area contributed by atoms with Crippen molar-refractivity contribution in [3.63, 3.8) is 0 Å². The van der Waals surface area contributed by atoms with Crippen molar-refractivity contribution >= 4 is 52.9 Å². The van der Waals surface area contributed by atoms with Gasteiger partial charge in [-0.2, -0.15) is 5.12 Å². The Balaban J connectivity index is 0.00000219. The molecule has 2 fully saturated rings. The predicted molar refractivity (Wildman–Crippen MR) is 206 cm³/mol. The first kappa shape index (κ1) is 46.9. The van der Waals surface area contributed by atoms with Gasteiger partial charge < -0.3 is 26.0 Å². The summed E-state index contributed by atoms with van der Waals surface area (Å²) in [5, 5.41) is 9.48. The second-order valence-corrected chi connectivity index (χ2v) is 14.6. The van der Waals surface area contributed by atoms with Crippen LogP contribution in [0.2, 0.25) is 0 Å². The molecule has 0 spiro atoms. The van der Waals surface area contributed by atoms with E-state index in [0.717, 1.165) is 43.1 Å². The Hall–Kier alpha value is -4.12. The summed E-state index contributed by atoms with van der Waals surface area (Å²) in [6.07, 6.45) is 5.44. The van der Waals surface area contributed by atoms with Gasteiger partial charge >= 0.3 is 6.09 Å². The highest BCUT2D eigenvalue weighted by molar-refractivity contribution is 7.84. The molecular formula is C36H60F2N8O6S. The van der Waals surface area contributed by atoms with E-state index >= 15 is 0 Å². The maximum absolute atomic E-state index is 13.5. The molecule has 0 bridgehead atoms. The van der Waals surface area contributed by atoms with Crippen LogP contribution < -0.4 is 32.0 Å². The summed E-state index contributed by atoms with van der Waals surface area (Å²) >= 11 is 0. The Bertz CT molecular complexity index is 1390. The lowest BCUT2D eigenvalue weighted by Crippen LogP contribution is -2.57. The minimum absolute atomic E-state index is 0.133. The molecule has 0 radical (unpaired) electrons. The lowest BCUT2D eigenvalue weighted by Gasteiger charge is -2.28. The van der Waals surface area contributed by atoms with Crippen molar-refractivity contribution in [3.8, 4) is 0 Å². The molecule has 1 aromatic carbocycles. The third kappa shape index (κ3) is 17.5. The highest BCUT2D eigenvalue weighted by Gasteiger charge is 2.40.